The molecule has 6 nitrogen and oxygen atoms in total. The minimum absolute atomic E-state index is 0.0284. The van der Waals surface area contributed by atoms with E-state index in [1.54, 1.807) is 48.3 Å². The first-order valence-electron chi connectivity index (χ1n) is 8.52. The number of hydrogen-bond acceptors (Lipinski definition) is 4. The van der Waals surface area contributed by atoms with Gasteiger partial charge in [-0.1, -0.05) is 13.8 Å². The van der Waals surface area contributed by atoms with Gasteiger partial charge in [0.15, 0.2) is 5.82 Å². The summed E-state index contributed by atoms with van der Waals surface area (Å²) in [5.41, 5.74) is 1.22. The first kappa shape index (κ1) is 17.4. The Labute approximate surface area is 147 Å². The van der Waals surface area contributed by atoms with Crippen molar-refractivity contribution in [1.82, 2.24) is 9.55 Å². The van der Waals surface area contributed by atoms with Crippen LogP contribution in [0.2, 0.25) is 0 Å². The Bertz CT molecular complexity index is 764. The van der Waals surface area contributed by atoms with Crippen molar-refractivity contribution >= 4 is 17.4 Å². The summed E-state index contributed by atoms with van der Waals surface area (Å²) in [4.78, 5) is 29.0. The van der Waals surface area contributed by atoms with Crippen LogP contribution in [0.5, 0.6) is 0 Å². The minimum Gasteiger partial charge on any atom is -0.377 e. The number of anilines is 1. The van der Waals surface area contributed by atoms with Crippen LogP contribution in [-0.4, -0.2) is 34.0 Å². The highest BCUT2D eigenvalue weighted by atomic mass is 16.5. The van der Waals surface area contributed by atoms with Crippen LogP contribution < -0.4 is 5.32 Å². The van der Waals surface area contributed by atoms with Crippen molar-refractivity contribution in [2.75, 3.05) is 11.9 Å². The number of ether oxygens (including phenoxy) is 1. The van der Waals surface area contributed by atoms with Crippen molar-refractivity contribution in [2.45, 2.75) is 26.4 Å². The number of aryl methyl sites for hydroxylation is 1. The lowest BCUT2D eigenvalue weighted by atomic mass is 9.92. The van der Waals surface area contributed by atoms with E-state index in [0.717, 1.165) is 6.42 Å². The predicted molar refractivity (Wildman–Crippen MR) is 94.4 cm³/mol. The van der Waals surface area contributed by atoms with Gasteiger partial charge >= 0.3 is 0 Å². The van der Waals surface area contributed by atoms with E-state index in [2.05, 4.69) is 24.1 Å². The normalized spacial score (nSPS) is 20.0. The first-order chi connectivity index (χ1) is 12.0. The highest BCUT2D eigenvalue weighted by molar-refractivity contribution is 6.07. The number of carbonyl (C=O) groups excluding carboxylic acids is 2. The van der Waals surface area contributed by atoms with Crippen molar-refractivity contribution in [1.29, 1.82) is 0 Å². The Morgan fingerprint density at radius 2 is 2.00 bits per heavy atom. The van der Waals surface area contributed by atoms with Crippen LogP contribution in [0.4, 0.5) is 5.69 Å². The average molecular weight is 341 g/mol. The molecule has 3 rings (SSSR count). The van der Waals surface area contributed by atoms with Gasteiger partial charge in [-0.3, -0.25) is 9.59 Å². The van der Waals surface area contributed by atoms with E-state index < -0.39 is 0 Å². The summed E-state index contributed by atoms with van der Waals surface area (Å²) in [6, 6.07) is 6.90. The average Bonchev–Trinajstić information content (AvgIpc) is 3.23. The van der Waals surface area contributed by atoms with E-state index in [4.69, 9.17) is 4.74 Å². The van der Waals surface area contributed by atoms with Gasteiger partial charge in [-0.25, -0.2) is 4.98 Å². The molecule has 2 atom stereocenters. The Hall–Kier alpha value is -2.47. The molecule has 25 heavy (non-hydrogen) atoms. The molecule has 0 bridgehead atoms. The van der Waals surface area contributed by atoms with Crippen LogP contribution in [0.25, 0.3) is 0 Å². The number of hydrogen-bond donors (Lipinski definition) is 1. The molecule has 0 radical (unpaired) electrons. The van der Waals surface area contributed by atoms with Gasteiger partial charge in [0.25, 0.3) is 0 Å². The fourth-order valence-electron chi connectivity index (χ4n) is 3.20. The number of nitrogens with zero attached hydrogens (tertiary/aromatic N) is 2. The molecule has 2 heterocycles. The van der Waals surface area contributed by atoms with Crippen LogP contribution in [0.15, 0.2) is 36.7 Å². The van der Waals surface area contributed by atoms with E-state index >= 15 is 0 Å². The molecule has 1 aromatic heterocycles. The van der Waals surface area contributed by atoms with E-state index in [9.17, 15) is 9.59 Å². The molecule has 6 heteroatoms. The van der Waals surface area contributed by atoms with Gasteiger partial charge in [-0.05, 0) is 36.6 Å². The summed E-state index contributed by atoms with van der Waals surface area (Å²) in [6.07, 6.45) is 4.03. The maximum Gasteiger partial charge on any atom is 0.230 e. The molecule has 2 aromatic rings. The Morgan fingerprint density at radius 1 is 1.28 bits per heavy atom. The lowest BCUT2D eigenvalue weighted by molar-refractivity contribution is -0.122. The number of rotatable bonds is 5. The number of imidazole rings is 1. The molecule has 1 aliphatic heterocycles. The molecule has 0 aliphatic carbocycles. The number of aromatic nitrogens is 2. The lowest BCUT2D eigenvalue weighted by Crippen LogP contribution is -2.32. The summed E-state index contributed by atoms with van der Waals surface area (Å²) >= 11 is 0. The highest BCUT2D eigenvalue weighted by Gasteiger charge is 2.35. The third-order valence-corrected chi connectivity index (χ3v) is 4.57. The van der Waals surface area contributed by atoms with E-state index in [-0.39, 0.29) is 23.7 Å². The van der Waals surface area contributed by atoms with Gasteiger partial charge in [0, 0.05) is 37.3 Å². The molecular formula is C19H23N3O3. The zero-order valence-electron chi connectivity index (χ0n) is 14.7. The molecule has 0 spiro atoms. The third-order valence-electron chi connectivity index (χ3n) is 4.57. The van der Waals surface area contributed by atoms with Gasteiger partial charge in [-0.15, -0.1) is 0 Å². The van der Waals surface area contributed by atoms with Crippen molar-refractivity contribution < 1.29 is 14.3 Å². The topological polar surface area (TPSA) is 73.2 Å². The zero-order valence-corrected chi connectivity index (χ0v) is 14.7. The minimum atomic E-state index is -0.144. The molecule has 1 N–H and O–H groups in total. The fourth-order valence-corrected chi connectivity index (χ4v) is 3.20. The second-order valence-electron chi connectivity index (χ2n) is 6.73. The summed E-state index contributed by atoms with van der Waals surface area (Å²) in [5.74, 6) is 0.387. The Balaban J connectivity index is 1.68. The van der Waals surface area contributed by atoms with Gasteiger partial charge in [-0.2, -0.15) is 0 Å². The standard InChI is InChI=1S/C19H23N3O3/c1-12(2)17-15(8-11-25-17)19(24)21-14-6-4-13(5-7-14)16(23)18-20-9-10-22(18)3/h4-7,9-10,12,15,17H,8,11H2,1-3H3,(H,21,24)/t15-,17-/m0/s1. The van der Waals surface area contributed by atoms with Gasteiger partial charge < -0.3 is 14.6 Å². The third kappa shape index (κ3) is 3.64. The van der Waals surface area contributed by atoms with Crippen molar-refractivity contribution in [2.24, 2.45) is 18.9 Å². The largest absolute Gasteiger partial charge is 0.377 e. The molecule has 0 saturated carbocycles. The number of benzene rings is 1. The van der Waals surface area contributed by atoms with Crippen LogP contribution in [-0.2, 0) is 16.6 Å². The monoisotopic (exact) mass is 341 g/mol. The quantitative estimate of drug-likeness (QED) is 0.849. The summed E-state index contributed by atoms with van der Waals surface area (Å²) < 4.78 is 7.36. The Morgan fingerprint density at radius 3 is 2.60 bits per heavy atom. The smallest absolute Gasteiger partial charge is 0.230 e. The summed E-state index contributed by atoms with van der Waals surface area (Å²) in [7, 11) is 1.78. The highest BCUT2D eigenvalue weighted by Crippen LogP contribution is 2.28. The van der Waals surface area contributed by atoms with Crippen molar-refractivity contribution in [3.05, 3.63) is 48.0 Å². The second kappa shape index (κ2) is 7.19. The summed E-state index contributed by atoms with van der Waals surface area (Å²) in [6.45, 7) is 4.75. The van der Waals surface area contributed by atoms with Gasteiger partial charge in [0.1, 0.15) is 0 Å². The van der Waals surface area contributed by atoms with Crippen LogP contribution in [0.1, 0.15) is 36.5 Å². The summed E-state index contributed by atoms with van der Waals surface area (Å²) in [5, 5.41) is 2.93. The van der Waals surface area contributed by atoms with Gasteiger partial charge in [0.2, 0.25) is 11.7 Å². The van der Waals surface area contributed by atoms with E-state index in [1.807, 2.05) is 0 Å². The van der Waals surface area contributed by atoms with Crippen LogP contribution >= 0.6 is 0 Å². The molecule has 0 unspecified atom stereocenters. The molecule has 1 amide bonds. The number of ketones is 1. The first-order valence-corrected chi connectivity index (χ1v) is 8.52. The number of nitrogens with one attached hydrogen (secondary N) is 1. The van der Waals surface area contributed by atoms with Crippen LogP contribution in [0, 0.1) is 11.8 Å². The molecule has 1 fully saturated rings. The number of amides is 1. The van der Waals surface area contributed by atoms with Crippen molar-refractivity contribution in [3.63, 3.8) is 0 Å². The van der Waals surface area contributed by atoms with E-state index in [0.29, 0.717) is 29.6 Å². The molecule has 1 aromatic carbocycles. The SMILES string of the molecule is CC(C)[C@@H]1OCC[C@@H]1C(=O)Nc1ccc(C(=O)c2nccn2C)cc1. The van der Waals surface area contributed by atoms with Crippen LogP contribution in [0.3, 0.4) is 0 Å². The maximum atomic E-state index is 12.5. The molecule has 1 aliphatic rings. The molecular weight excluding hydrogens is 318 g/mol. The second-order valence-corrected chi connectivity index (χ2v) is 6.73. The molecule has 132 valence electrons. The number of carbonyl (C=O) groups is 2. The fraction of sp³-hybridized carbons (Fsp3) is 0.421. The lowest BCUT2D eigenvalue weighted by Gasteiger charge is -2.21. The maximum absolute atomic E-state index is 12.5. The molecule has 1 saturated heterocycles. The van der Waals surface area contributed by atoms with Gasteiger partial charge in [0.05, 0.1) is 12.0 Å². The predicted octanol–water partition coefficient (Wildman–Crippen LogP) is 2.65. The van der Waals surface area contributed by atoms with Crippen molar-refractivity contribution in [3.8, 4) is 0 Å². The van der Waals surface area contributed by atoms with E-state index in [1.165, 1.54) is 0 Å². The zero-order chi connectivity index (χ0) is 18.0. The Kier molecular flexibility index (Phi) is 4.99.